The third-order valence-electron chi connectivity index (χ3n) is 2.39. The van der Waals surface area contributed by atoms with Gasteiger partial charge < -0.3 is 15.4 Å². The minimum Gasteiger partial charge on any atom is -0.450 e. The van der Waals surface area contributed by atoms with Crippen LogP contribution in [-0.2, 0) is 4.74 Å². The molecule has 1 aliphatic rings. The van der Waals surface area contributed by atoms with E-state index >= 15 is 0 Å². The zero-order valence-corrected chi connectivity index (χ0v) is 8.16. The molecule has 0 bridgehead atoms. The zero-order valence-electron chi connectivity index (χ0n) is 8.16. The van der Waals surface area contributed by atoms with Crippen LogP contribution in [0, 0.1) is 0 Å². The van der Waals surface area contributed by atoms with E-state index in [4.69, 9.17) is 10.5 Å². The van der Waals surface area contributed by atoms with Crippen molar-refractivity contribution in [2.45, 2.75) is 32.2 Å². The molecule has 0 aromatic heterocycles. The van der Waals surface area contributed by atoms with Crippen LogP contribution < -0.4 is 5.73 Å². The molecule has 1 saturated carbocycles. The van der Waals surface area contributed by atoms with Crippen molar-refractivity contribution in [3.63, 3.8) is 0 Å². The Morgan fingerprint density at radius 3 is 2.69 bits per heavy atom. The van der Waals surface area contributed by atoms with Gasteiger partial charge in [-0.3, -0.25) is 0 Å². The van der Waals surface area contributed by atoms with Gasteiger partial charge in [0.1, 0.15) is 0 Å². The van der Waals surface area contributed by atoms with E-state index in [0.29, 0.717) is 25.7 Å². The maximum absolute atomic E-state index is 11.4. The number of hydrogen-bond acceptors (Lipinski definition) is 3. The lowest BCUT2D eigenvalue weighted by molar-refractivity contribution is 0.0719. The van der Waals surface area contributed by atoms with Crippen LogP contribution in [0.5, 0.6) is 0 Å². The van der Waals surface area contributed by atoms with Gasteiger partial charge in [-0.15, -0.1) is 0 Å². The highest BCUT2D eigenvalue weighted by molar-refractivity contribution is 5.68. The number of carbonyl (C=O) groups excluding carboxylic acids is 1. The van der Waals surface area contributed by atoms with Gasteiger partial charge in [0.05, 0.1) is 6.61 Å². The quantitative estimate of drug-likeness (QED) is 0.711. The summed E-state index contributed by atoms with van der Waals surface area (Å²) in [5.74, 6) is 0. The highest BCUT2D eigenvalue weighted by Gasteiger charge is 2.28. The third-order valence-corrected chi connectivity index (χ3v) is 2.39. The van der Waals surface area contributed by atoms with Crippen LogP contribution in [0.1, 0.15) is 26.2 Å². The fraction of sp³-hybridized carbons (Fsp3) is 0.889. The van der Waals surface area contributed by atoms with Gasteiger partial charge in [-0.2, -0.15) is 0 Å². The van der Waals surface area contributed by atoms with Crippen LogP contribution in [0.3, 0.4) is 0 Å². The van der Waals surface area contributed by atoms with E-state index in [1.165, 1.54) is 6.42 Å². The van der Waals surface area contributed by atoms with Crippen molar-refractivity contribution in [1.29, 1.82) is 0 Å². The topological polar surface area (TPSA) is 55.6 Å². The summed E-state index contributed by atoms with van der Waals surface area (Å²) >= 11 is 0. The predicted molar refractivity (Wildman–Crippen MR) is 50.4 cm³/mol. The van der Waals surface area contributed by atoms with E-state index in [1.54, 1.807) is 4.90 Å². The van der Waals surface area contributed by atoms with Gasteiger partial charge in [-0.25, -0.2) is 4.79 Å². The Bertz CT molecular complexity index is 169. The van der Waals surface area contributed by atoms with Crippen LogP contribution >= 0.6 is 0 Å². The van der Waals surface area contributed by atoms with Crippen LogP contribution in [0.25, 0.3) is 0 Å². The molecule has 2 N–H and O–H groups in total. The van der Waals surface area contributed by atoms with Crippen LogP contribution in [0.2, 0.25) is 0 Å². The minimum absolute atomic E-state index is 0.211. The summed E-state index contributed by atoms with van der Waals surface area (Å²) in [5.41, 5.74) is 5.43. The van der Waals surface area contributed by atoms with Gasteiger partial charge in [0.2, 0.25) is 0 Å². The molecule has 0 aliphatic heterocycles. The van der Waals surface area contributed by atoms with Crippen molar-refractivity contribution in [3.05, 3.63) is 0 Å². The monoisotopic (exact) mass is 186 g/mol. The second-order valence-corrected chi connectivity index (χ2v) is 3.27. The first-order valence-electron chi connectivity index (χ1n) is 4.93. The molecule has 1 amide bonds. The van der Waals surface area contributed by atoms with Crippen molar-refractivity contribution in [3.8, 4) is 0 Å². The predicted octanol–water partition coefficient (Wildman–Crippen LogP) is 0.956. The van der Waals surface area contributed by atoms with Crippen molar-refractivity contribution >= 4 is 6.09 Å². The standard InChI is InChI=1S/C9H18N2O2/c1-2-13-9(12)11(7-6-10)8-4-3-5-8/h8H,2-7,10H2,1H3. The Morgan fingerprint density at radius 2 is 2.31 bits per heavy atom. The average Bonchev–Trinajstić information content (AvgIpc) is 2.01. The maximum atomic E-state index is 11.4. The largest absolute Gasteiger partial charge is 0.450 e. The highest BCUT2D eigenvalue weighted by Crippen LogP contribution is 2.24. The molecule has 1 fully saturated rings. The van der Waals surface area contributed by atoms with Gasteiger partial charge in [0.15, 0.2) is 0 Å². The van der Waals surface area contributed by atoms with E-state index in [-0.39, 0.29) is 6.09 Å². The lowest BCUT2D eigenvalue weighted by atomic mass is 9.92. The van der Waals surface area contributed by atoms with Crippen molar-refractivity contribution in [1.82, 2.24) is 4.90 Å². The van der Waals surface area contributed by atoms with Gasteiger partial charge in [0, 0.05) is 19.1 Å². The number of carbonyl (C=O) groups is 1. The summed E-state index contributed by atoms with van der Waals surface area (Å²) in [4.78, 5) is 13.2. The minimum atomic E-state index is -0.211. The summed E-state index contributed by atoms with van der Waals surface area (Å²) in [5, 5.41) is 0. The van der Waals surface area contributed by atoms with Crippen molar-refractivity contribution < 1.29 is 9.53 Å². The van der Waals surface area contributed by atoms with E-state index < -0.39 is 0 Å². The SMILES string of the molecule is CCOC(=O)N(CCN)C1CCC1. The second kappa shape index (κ2) is 5.07. The zero-order chi connectivity index (χ0) is 9.68. The molecule has 0 aromatic rings. The number of hydrogen-bond donors (Lipinski definition) is 1. The molecule has 0 saturated heterocycles. The van der Waals surface area contributed by atoms with E-state index in [9.17, 15) is 4.79 Å². The molecule has 0 atom stereocenters. The third kappa shape index (κ3) is 2.59. The molecule has 4 nitrogen and oxygen atoms in total. The maximum Gasteiger partial charge on any atom is 0.410 e. The molecule has 0 aromatic carbocycles. The fourth-order valence-electron chi connectivity index (χ4n) is 1.47. The lowest BCUT2D eigenvalue weighted by Crippen LogP contribution is -2.46. The molecule has 1 rings (SSSR count). The average molecular weight is 186 g/mol. The number of rotatable bonds is 4. The summed E-state index contributed by atoms with van der Waals surface area (Å²) in [7, 11) is 0. The Balaban J connectivity index is 2.40. The normalized spacial score (nSPS) is 16.5. The Labute approximate surface area is 79.0 Å². The highest BCUT2D eigenvalue weighted by atomic mass is 16.6. The molecule has 1 aliphatic carbocycles. The molecule has 4 heteroatoms. The molecule has 13 heavy (non-hydrogen) atoms. The van der Waals surface area contributed by atoms with Gasteiger partial charge in [0.25, 0.3) is 0 Å². The van der Waals surface area contributed by atoms with Gasteiger partial charge in [-0.05, 0) is 26.2 Å². The molecule has 0 unspecified atom stereocenters. The first kappa shape index (κ1) is 10.3. The molecular weight excluding hydrogens is 168 g/mol. The van der Waals surface area contributed by atoms with Crippen LogP contribution in [-0.4, -0.2) is 36.7 Å². The van der Waals surface area contributed by atoms with Crippen LogP contribution in [0.4, 0.5) is 4.79 Å². The fourth-order valence-corrected chi connectivity index (χ4v) is 1.47. The second-order valence-electron chi connectivity index (χ2n) is 3.27. The first-order chi connectivity index (χ1) is 6.29. The number of nitrogens with zero attached hydrogens (tertiary/aromatic N) is 1. The van der Waals surface area contributed by atoms with E-state index in [1.807, 2.05) is 6.92 Å². The number of nitrogens with two attached hydrogens (primary N) is 1. The molecule has 0 spiro atoms. The molecule has 0 radical (unpaired) electrons. The lowest BCUT2D eigenvalue weighted by Gasteiger charge is -2.36. The first-order valence-corrected chi connectivity index (χ1v) is 4.93. The Kier molecular flexibility index (Phi) is 4.02. The molecular formula is C9H18N2O2. The van der Waals surface area contributed by atoms with Crippen molar-refractivity contribution in [2.75, 3.05) is 19.7 Å². The molecule has 76 valence electrons. The van der Waals surface area contributed by atoms with Gasteiger partial charge >= 0.3 is 6.09 Å². The molecule has 0 heterocycles. The van der Waals surface area contributed by atoms with E-state index in [0.717, 1.165) is 12.8 Å². The summed E-state index contributed by atoms with van der Waals surface area (Å²) < 4.78 is 4.94. The van der Waals surface area contributed by atoms with Crippen LogP contribution in [0.15, 0.2) is 0 Å². The Hall–Kier alpha value is -0.770. The van der Waals surface area contributed by atoms with Crippen molar-refractivity contribution in [2.24, 2.45) is 5.73 Å². The van der Waals surface area contributed by atoms with Gasteiger partial charge in [-0.1, -0.05) is 0 Å². The number of ether oxygens (including phenoxy) is 1. The summed E-state index contributed by atoms with van der Waals surface area (Å²) in [6.07, 6.45) is 3.20. The summed E-state index contributed by atoms with van der Waals surface area (Å²) in [6.45, 7) is 3.38. The van der Waals surface area contributed by atoms with E-state index in [2.05, 4.69) is 0 Å². The Morgan fingerprint density at radius 1 is 1.62 bits per heavy atom. The number of amides is 1. The smallest absolute Gasteiger partial charge is 0.410 e. The summed E-state index contributed by atoms with van der Waals surface area (Å²) in [6, 6.07) is 0.377.